The Hall–Kier alpha value is -2.10. The van der Waals surface area contributed by atoms with E-state index in [9.17, 15) is 0 Å². The number of para-hydroxylation sites is 4. The molecule has 0 N–H and O–H groups in total. The summed E-state index contributed by atoms with van der Waals surface area (Å²) in [6, 6.07) is 22.5. The van der Waals surface area contributed by atoms with Gasteiger partial charge in [-0.15, -0.1) is 0 Å². The molecule has 0 saturated carbocycles. The smallest absolute Gasteiger partial charge is 1.00 e. The monoisotopic (exact) mass is 639 g/mol. The fraction of sp³-hybridized carbons (Fsp3) is 0.345. The molecule has 5 aromatic rings. The molecule has 7 nitrogen and oxygen atoms in total. The van der Waals surface area contributed by atoms with E-state index >= 15 is 0 Å². The molecule has 0 aliphatic heterocycles. The third kappa shape index (κ3) is 8.01. The van der Waals surface area contributed by atoms with Gasteiger partial charge in [-0.05, 0) is 49.2 Å². The Bertz CT molecular complexity index is 1360. The van der Waals surface area contributed by atoms with Crippen molar-refractivity contribution < 1.29 is 65.3 Å². The third-order valence-electron chi connectivity index (χ3n) is 6.13. The van der Waals surface area contributed by atoms with Crippen molar-refractivity contribution in [3.8, 4) is 23.0 Å². The van der Waals surface area contributed by atoms with E-state index in [1.165, 1.54) is 0 Å². The van der Waals surface area contributed by atoms with E-state index in [2.05, 4.69) is 35.1 Å². The summed E-state index contributed by atoms with van der Waals surface area (Å²) in [6.45, 7) is 8.46. The maximum absolute atomic E-state index is 5.80. The number of nitrogens with zero attached hydrogens (tertiary/aromatic N) is 5. The Morgan fingerprint density at radius 2 is 0.975 bits per heavy atom. The van der Waals surface area contributed by atoms with Crippen molar-refractivity contribution in [2.45, 2.75) is 39.8 Å². The summed E-state index contributed by atoms with van der Waals surface area (Å²) in [7, 11) is 0. The van der Waals surface area contributed by atoms with Crippen LogP contribution in [0.1, 0.15) is 26.7 Å². The Morgan fingerprint density at radius 3 is 1.40 bits per heavy atom. The van der Waals surface area contributed by atoms with Gasteiger partial charge in [0.25, 0.3) is 0 Å². The summed E-state index contributed by atoms with van der Waals surface area (Å²) in [5.41, 5.74) is 5.71. The molecular weight excluding hydrogens is 608 g/mol. The zero-order valence-electron chi connectivity index (χ0n) is 22.6. The van der Waals surface area contributed by atoms with Crippen LogP contribution in [0.5, 0.6) is 0 Å². The van der Waals surface area contributed by atoms with Gasteiger partial charge in [0.15, 0.2) is 11.6 Å². The number of fused-ring (bicyclic) bond motifs is 2. The van der Waals surface area contributed by atoms with E-state index < -0.39 is 0 Å². The van der Waals surface area contributed by atoms with Crippen molar-refractivity contribution in [1.29, 1.82) is 0 Å². The molecule has 11 heteroatoms. The number of imidazole rings is 2. The summed E-state index contributed by atoms with van der Waals surface area (Å²) in [5, 5.41) is 0. The average Bonchev–Trinajstić information content (AvgIpc) is 3.48. The third-order valence-corrected chi connectivity index (χ3v) is 6.13. The molecule has 5 rings (SSSR count). The number of ether oxygens (including phenoxy) is 2. The normalized spacial score (nSPS) is 10.4. The van der Waals surface area contributed by atoms with Crippen LogP contribution in [0.3, 0.4) is 0 Å². The van der Waals surface area contributed by atoms with Crippen LogP contribution in [0, 0.1) is 0 Å². The number of pyridine rings is 1. The second-order valence-corrected chi connectivity index (χ2v) is 8.78. The van der Waals surface area contributed by atoms with Crippen molar-refractivity contribution >= 4 is 22.1 Å². The first-order valence-electron chi connectivity index (χ1n) is 12.8. The van der Waals surface area contributed by atoms with Gasteiger partial charge in [-0.2, -0.15) is 0 Å². The molecule has 0 amide bonds. The van der Waals surface area contributed by atoms with Gasteiger partial charge in [-0.3, -0.25) is 0 Å². The number of rotatable bonds is 12. The van der Waals surface area contributed by atoms with Crippen LogP contribution in [0.2, 0.25) is 0 Å². The van der Waals surface area contributed by atoms with Gasteiger partial charge in [-0.1, -0.05) is 44.2 Å². The molecule has 40 heavy (non-hydrogen) atoms. The van der Waals surface area contributed by atoms with E-state index in [-0.39, 0.29) is 55.8 Å². The fourth-order valence-electron chi connectivity index (χ4n) is 4.48. The van der Waals surface area contributed by atoms with E-state index in [0.29, 0.717) is 13.2 Å². The standard InChI is InChI=1S/C29H33N5O2.3ClH.V/c1-3-18-35-20-16-33-26-14-7-5-10-22(26)31-28(33)24-12-9-13-25(30-24)29-32-23-11-6-8-15-27(23)34(29)17-21-36-19-4-2;;;;/h5-15H,3-4,16-21H2,1-2H3;3*1H;/q;;;;+3/p-3. The molecule has 0 aliphatic carbocycles. The van der Waals surface area contributed by atoms with Gasteiger partial charge in [0.2, 0.25) is 0 Å². The number of aromatic nitrogens is 5. The number of hydrogen-bond acceptors (Lipinski definition) is 5. The number of benzene rings is 2. The minimum absolute atomic E-state index is 0. The maximum Gasteiger partial charge on any atom is 3.00 e. The number of halogens is 3. The Balaban J connectivity index is 0.00000200. The number of hydrogen-bond donors (Lipinski definition) is 0. The Morgan fingerprint density at radius 1 is 0.550 bits per heavy atom. The van der Waals surface area contributed by atoms with Crippen LogP contribution in [0.25, 0.3) is 45.1 Å². The topological polar surface area (TPSA) is 67.0 Å². The Labute approximate surface area is 266 Å². The minimum atomic E-state index is 0. The molecule has 0 unspecified atom stereocenters. The zero-order chi connectivity index (χ0) is 24.7. The fourth-order valence-corrected chi connectivity index (χ4v) is 4.48. The maximum atomic E-state index is 5.80. The molecule has 3 aromatic heterocycles. The molecule has 0 aliphatic rings. The first-order valence-corrected chi connectivity index (χ1v) is 12.8. The van der Waals surface area contributed by atoms with Crippen LogP contribution >= 0.6 is 0 Å². The van der Waals surface area contributed by atoms with E-state index in [1.54, 1.807) is 0 Å². The second kappa shape index (κ2) is 17.7. The van der Waals surface area contributed by atoms with Crippen LogP contribution in [-0.4, -0.2) is 50.5 Å². The molecule has 0 spiro atoms. The van der Waals surface area contributed by atoms with Crippen molar-refractivity contribution in [2.24, 2.45) is 0 Å². The molecule has 2 aromatic carbocycles. The first kappa shape index (κ1) is 35.9. The van der Waals surface area contributed by atoms with Gasteiger partial charge in [0, 0.05) is 26.3 Å². The predicted molar refractivity (Wildman–Crippen MR) is 144 cm³/mol. The van der Waals surface area contributed by atoms with Crippen molar-refractivity contribution in [2.75, 3.05) is 26.4 Å². The molecule has 0 radical (unpaired) electrons. The minimum Gasteiger partial charge on any atom is -1.00 e. The van der Waals surface area contributed by atoms with Gasteiger partial charge in [0.05, 0.1) is 35.3 Å². The van der Waals surface area contributed by atoms with Crippen molar-refractivity contribution in [3.63, 3.8) is 0 Å². The molecule has 3 heterocycles. The van der Waals surface area contributed by atoms with Gasteiger partial charge in [0.1, 0.15) is 11.4 Å². The van der Waals surface area contributed by atoms with Crippen LogP contribution in [0.4, 0.5) is 0 Å². The quantitative estimate of drug-likeness (QED) is 0.136. The van der Waals surface area contributed by atoms with E-state index in [0.717, 1.165) is 84.2 Å². The Kier molecular flexibility index (Phi) is 15.9. The molecule has 212 valence electrons. The summed E-state index contributed by atoms with van der Waals surface area (Å²) >= 11 is 0. The first-order chi connectivity index (χ1) is 17.8. The van der Waals surface area contributed by atoms with Crippen molar-refractivity contribution in [1.82, 2.24) is 24.1 Å². The van der Waals surface area contributed by atoms with E-state index in [4.69, 9.17) is 24.4 Å². The van der Waals surface area contributed by atoms with Crippen molar-refractivity contribution in [3.05, 3.63) is 66.7 Å². The van der Waals surface area contributed by atoms with Gasteiger partial charge < -0.3 is 55.8 Å². The van der Waals surface area contributed by atoms with Crippen LogP contribution in [0.15, 0.2) is 66.7 Å². The molecule has 0 bridgehead atoms. The van der Waals surface area contributed by atoms with Gasteiger partial charge >= 0.3 is 18.6 Å². The summed E-state index contributed by atoms with van der Waals surface area (Å²) in [6.07, 6.45) is 2.01. The average molecular weight is 641 g/mol. The van der Waals surface area contributed by atoms with E-state index in [1.807, 2.05) is 54.6 Å². The summed E-state index contributed by atoms with van der Waals surface area (Å²) < 4.78 is 16.0. The zero-order valence-corrected chi connectivity index (χ0v) is 26.3. The van der Waals surface area contributed by atoms with Crippen LogP contribution < -0.4 is 37.2 Å². The molecule has 0 fully saturated rings. The molecular formula is C29H33Cl3N5O2V. The molecule has 0 saturated heterocycles. The second-order valence-electron chi connectivity index (χ2n) is 8.78. The van der Waals surface area contributed by atoms with Crippen LogP contribution in [-0.2, 0) is 41.1 Å². The summed E-state index contributed by atoms with van der Waals surface area (Å²) in [5.74, 6) is 1.68. The largest absolute Gasteiger partial charge is 3.00 e. The molecule has 0 atom stereocenters. The predicted octanol–water partition coefficient (Wildman–Crippen LogP) is -3.02. The summed E-state index contributed by atoms with van der Waals surface area (Å²) in [4.78, 5) is 15.0. The SMILES string of the molecule is CCCOCCn1c(-c2cccc(-c3nc4ccccc4n3CCOCCC)n2)nc2ccccc21.[Cl-].[Cl-].[Cl-].[V+3]. The van der Waals surface area contributed by atoms with Gasteiger partial charge in [-0.25, -0.2) is 15.0 Å².